The first-order chi connectivity index (χ1) is 20.8. The highest BCUT2D eigenvalue weighted by Crippen LogP contribution is 2.23. The Morgan fingerprint density at radius 3 is 2.23 bits per heavy atom. The van der Waals surface area contributed by atoms with Gasteiger partial charge in [-0.15, -0.1) is 11.8 Å². The number of nitrogens with one attached hydrogen (secondary N) is 3. The molecule has 0 heterocycles. The van der Waals surface area contributed by atoms with Crippen molar-refractivity contribution >= 4 is 52.9 Å². The Morgan fingerprint density at radius 1 is 0.791 bits per heavy atom. The van der Waals surface area contributed by atoms with Crippen molar-refractivity contribution in [3.8, 4) is 0 Å². The second-order valence-corrected chi connectivity index (χ2v) is 10.1. The Bertz CT molecular complexity index is 1640. The Hall–Kier alpha value is -5.22. The van der Waals surface area contributed by atoms with E-state index in [0.717, 1.165) is 0 Å². The van der Waals surface area contributed by atoms with Gasteiger partial charge in [0.25, 0.3) is 11.8 Å². The summed E-state index contributed by atoms with van der Waals surface area (Å²) in [6, 6.07) is 27.5. The number of esters is 1. The van der Waals surface area contributed by atoms with Crippen LogP contribution in [0.5, 0.6) is 0 Å². The molecular weight excluding hydrogens is 569 g/mol. The van der Waals surface area contributed by atoms with E-state index in [1.807, 2.05) is 0 Å². The van der Waals surface area contributed by atoms with Gasteiger partial charge in [0.15, 0.2) is 0 Å². The van der Waals surface area contributed by atoms with Crippen molar-refractivity contribution in [3.63, 3.8) is 0 Å². The maximum Gasteiger partial charge on any atom is 0.338 e. The van der Waals surface area contributed by atoms with Crippen LogP contribution in [0.15, 0.2) is 114 Å². The number of rotatable bonds is 11. The van der Waals surface area contributed by atoms with Crippen molar-refractivity contribution in [2.24, 2.45) is 0 Å². The lowest BCUT2D eigenvalue weighted by molar-refractivity contribution is -0.114. The van der Waals surface area contributed by atoms with E-state index in [1.165, 1.54) is 36.0 Å². The number of carbonyl (C=O) groups excluding carboxylic acids is 4. The van der Waals surface area contributed by atoms with Crippen LogP contribution in [0, 0.1) is 5.82 Å². The smallest absolute Gasteiger partial charge is 0.338 e. The van der Waals surface area contributed by atoms with Crippen molar-refractivity contribution in [3.05, 3.63) is 131 Å². The molecule has 0 aliphatic heterocycles. The van der Waals surface area contributed by atoms with E-state index < -0.39 is 23.6 Å². The zero-order chi connectivity index (χ0) is 30.6. The molecule has 0 radical (unpaired) electrons. The number of carbonyl (C=O) groups is 4. The van der Waals surface area contributed by atoms with Gasteiger partial charge in [-0.3, -0.25) is 14.4 Å². The van der Waals surface area contributed by atoms with Crippen molar-refractivity contribution in [1.29, 1.82) is 0 Å². The summed E-state index contributed by atoms with van der Waals surface area (Å²) in [5, 5.41) is 8.09. The van der Waals surface area contributed by atoms with Crippen LogP contribution in [0.1, 0.15) is 33.2 Å². The van der Waals surface area contributed by atoms with Crippen LogP contribution in [-0.2, 0) is 14.3 Å². The second kappa shape index (κ2) is 15.1. The van der Waals surface area contributed by atoms with Crippen molar-refractivity contribution < 1.29 is 28.3 Å². The molecule has 0 saturated heterocycles. The molecule has 0 spiro atoms. The minimum Gasteiger partial charge on any atom is -0.462 e. The quantitative estimate of drug-likeness (QED) is 0.109. The zero-order valence-electron chi connectivity index (χ0n) is 23.1. The molecule has 0 aliphatic rings. The summed E-state index contributed by atoms with van der Waals surface area (Å²) in [4.78, 5) is 51.1. The van der Waals surface area contributed by atoms with Gasteiger partial charge < -0.3 is 20.7 Å². The predicted octanol–water partition coefficient (Wildman–Crippen LogP) is 6.14. The summed E-state index contributed by atoms with van der Waals surface area (Å²) in [6.07, 6.45) is 1.27. The number of hydrogen-bond acceptors (Lipinski definition) is 6. The number of benzene rings is 4. The highest BCUT2D eigenvalue weighted by atomic mass is 32.2. The maximum absolute atomic E-state index is 14.4. The molecule has 8 nitrogen and oxygen atoms in total. The molecule has 0 bridgehead atoms. The van der Waals surface area contributed by atoms with Crippen molar-refractivity contribution in [2.45, 2.75) is 11.8 Å². The third-order valence-electron chi connectivity index (χ3n) is 5.88. The normalized spacial score (nSPS) is 10.9. The van der Waals surface area contributed by atoms with Gasteiger partial charge in [-0.05, 0) is 73.7 Å². The minimum atomic E-state index is -0.654. The standard InChI is InChI=1S/C33H28FN3O5S/c1-2-42-33(41)23-15-17-25(18-16-23)35-30(38)21-43-27-13-8-12-26(20-27)36-32(40)29(19-24-11-6-7-14-28(24)34)37-31(39)22-9-4-3-5-10-22/h3-20H,2,21H2,1H3,(H,35,38)(H,36,40)(H,37,39)/b29-19-. The van der Waals surface area contributed by atoms with Gasteiger partial charge in [0, 0.05) is 27.4 Å². The highest BCUT2D eigenvalue weighted by molar-refractivity contribution is 8.00. The Balaban J connectivity index is 1.40. The van der Waals surface area contributed by atoms with Crippen LogP contribution >= 0.6 is 11.8 Å². The van der Waals surface area contributed by atoms with Crippen molar-refractivity contribution in [2.75, 3.05) is 23.0 Å². The van der Waals surface area contributed by atoms with Crippen LogP contribution in [0.3, 0.4) is 0 Å². The molecule has 3 N–H and O–H groups in total. The predicted molar refractivity (Wildman–Crippen MR) is 165 cm³/mol. The number of thioether (sulfide) groups is 1. The monoisotopic (exact) mass is 597 g/mol. The van der Waals surface area contributed by atoms with E-state index in [2.05, 4.69) is 16.0 Å². The van der Waals surface area contributed by atoms with E-state index in [9.17, 15) is 23.6 Å². The SMILES string of the molecule is CCOC(=O)c1ccc(NC(=O)CSc2cccc(NC(=O)/C(=C/c3ccccc3F)NC(=O)c3ccccc3)c2)cc1. The lowest BCUT2D eigenvalue weighted by Gasteiger charge is -2.12. The summed E-state index contributed by atoms with van der Waals surface area (Å²) >= 11 is 1.25. The van der Waals surface area contributed by atoms with Gasteiger partial charge in [-0.25, -0.2) is 9.18 Å². The van der Waals surface area contributed by atoms with E-state index in [4.69, 9.17) is 4.74 Å². The molecule has 4 aromatic rings. The molecule has 0 unspecified atom stereocenters. The summed E-state index contributed by atoms with van der Waals surface area (Å²) in [7, 11) is 0. The highest BCUT2D eigenvalue weighted by Gasteiger charge is 2.16. The number of amides is 3. The summed E-state index contributed by atoms with van der Waals surface area (Å²) < 4.78 is 19.3. The average molecular weight is 598 g/mol. The number of hydrogen-bond donors (Lipinski definition) is 3. The topological polar surface area (TPSA) is 114 Å². The Morgan fingerprint density at radius 2 is 1.51 bits per heavy atom. The fourth-order valence-corrected chi connectivity index (χ4v) is 4.56. The molecule has 0 atom stereocenters. The van der Waals surface area contributed by atoms with Crippen LogP contribution in [0.25, 0.3) is 6.08 Å². The van der Waals surface area contributed by atoms with Gasteiger partial charge in [0.2, 0.25) is 5.91 Å². The second-order valence-electron chi connectivity index (χ2n) is 9.02. The first-order valence-corrected chi connectivity index (χ1v) is 14.2. The first-order valence-electron chi connectivity index (χ1n) is 13.3. The fourth-order valence-electron chi connectivity index (χ4n) is 3.80. The molecule has 4 rings (SSSR count). The van der Waals surface area contributed by atoms with Gasteiger partial charge in [0.1, 0.15) is 11.5 Å². The first kappa shape index (κ1) is 30.7. The molecule has 10 heteroatoms. The number of ether oxygens (including phenoxy) is 1. The lowest BCUT2D eigenvalue weighted by atomic mass is 10.1. The van der Waals surface area contributed by atoms with Gasteiger partial charge in [0.05, 0.1) is 17.9 Å². The van der Waals surface area contributed by atoms with Crippen LogP contribution in [0.2, 0.25) is 0 Å². The number of anilines is 2. The third-order valence-corrected chi connectivity index (χ3v) is 6.87. The molecule has 0 saturated carbocycles. The Labute approximate surface area is 252 Å². The molecule has 0 aliphatic carbocycles. The van der Waals surface area contributed by atoms with E-state index in [1.54, 1.807) is 91.9 Å². The number of halogens is 1. The van der Waals surface area contributed by atoms with Gasteiger partial charge >= 0.3 is 5.97 Å². The van der Waals surface area contributed by atoms with Crippen LogP contribution in [-0.4, -0.2) is 36.1 Å². The summed E-state index contributed by atoms with van der Waals surface area (Å²) in [5.41, 5.74) is 1.66. The molecule has 3 amide bonds. The minimum absolute atomic E-state index is 0.0859. The molecule has 4 aromatic carbocycles. The maximum atomic E-state index is 14.4. The van der Waals surface area contributed by atoms with E-state index in [0.29, 0.717) is 27.4 Å². The largest absolute Gasteiger partial charge is 0.462 e. The molecule has 0 fully saturated rings. The van der Waals surface area contributed by atoms with E-state index in [-0.39, 0.29) is 29.5 Å². The summed E-state index contributed by atoms with van der Waals surface area (Å²) in [5.74, 6) is -2.34. The van der Waals surface area contributed by atoms with Crippen LogP contribution in [0.4, 0.5) is 15.8 Å². The average Bonchev–Trinajstić information content (AvgIpc) is 3.02. The van der Waals surface area contributed by atoms with Gasteiger partial charge in [-0.1, -0.05) is 42.5 Å². The fraction of sp³-hybridized carbons (Fsp3) is 0.0909. The van der Waals surface area contributed by atoms with E-state index >= 15 is 0 Å². The molecule has 0 aromatic heterocycles. The Kier molecular flexibility index (Phi) is 10.8. The molecule has 218 valence electrons. The summed E-state index contributed by atoms with van der Waals surface area (Å²) in [6.45, 7) is 2.00. The van der Waals surface area contributed by atoms with Gasteiger partial charge in [-0.2, -0.15) is 0 Å². The third kappa shape index (κ3) is 9.14. The van der Waals surface area contributed by atoms with Crippen molar-refractivity contribution in [1.82, 2.24) is 5.32 Å². The lowest BCUT2D eigenvalue weighted by Crippen LogP contribution is -2.30. The molecular formula is C33H28FN3O5S. The zero-order valence-corrected chi connectivity index (χ0v) is 24.0. The van der Waals surface area contributed by atoms with Crippen LogP contribution < -0.4 is 16.0 Å². The molecule has 43 heavy (non-hydrogen) atoms.